The molecule has 1 fully saturated rings. The van der Waals surface area contributed by atoms with E-state index in [-0.39, 0.29) is 19.1 Å². The second-order valence-electron chi connectivity index (χ2n) is 5.86. The Hall–Kier alpha value is -2.77. The molecule has 3 amide bonds. The van der Waals surface area contributed by atoms with Gasteiger partial charge in [0, 0.05) is 0 Å². The van der Waals surface area contributed by atoms with Crippen molar-refractivity contribution in [3.8, 4) is 11.5 Å². The average molecular weight is 364 g/mol. The molecule has 8 heteroatoms. The molecule has 0 radical (unpaired) electrons. The number of esters is 1. The molecule has 1 aromatic carbocycles. The van der Waals surface area contributed by atoms with Gasteiger partial charge >= 0.3 is 12.0 Å². The summed E-state index contributed by atoms with van der Waals surface area (Å²) >= 11 is 0. The molecule has 1 aliphatic heterocycles. The number of carbonyl (C=O) groups excluding carboxylic acids is 3. The van der Waals surface area contributed by atoms with E-state index in [1.807, 2.05) is 13.8 Å². The summed E-state index contributed by atoms with van der Waals surface area (Å²) < 4.78 is 15.5. The third-order valence-electron chi connectivity index (χ3n) is 4.41. The van der Waals surface area contributed by atoms with Gasteiger partial charge in [-0.1, -0.05) is 13.8 Å². The molecular formula is C18H24N2O6. The summed E-state index contributed by atoms with van der Waals surface area (Å²) in [4.78, 5) is 37.2. The van der Waals surface area contributed by atoms with Crippen LogP contribution in [0.2, 0.25) is 0 Å². The molecule has 1 N–H and O–H groups in total. The smallest absolute Gasteiger partial charge is 0.326 e. The van der Waals surface area contributed by atoms with Gasteiger partial charge in [0.1, 0.15) is 36.8 Å². The summed E-state index contributed by atoms with van der Waals surface area (Å²) in [5, 5.41) is 2.66. The molecule has 1 aromatic rings. The van der Waals surface area contributed by atoms with Crippen molar-refractivity contribution in [1.29, 1.82) is 0 Å². The van der Waals surface area contributed by atoms with Crippen LogP contribution in [0.3, 0.4) is 0 Å². The first-order chi connectivity index (χ1) is 12.5. The van der Waals surface area contributed by atoms with Gasteiger partial charge in [0.2, 0.25) is 0 Å². The van der Waals surface area contributed by atoms with Crippen molar-refractivity contribution in [2.45, 2.75) is 32.2 Å². The molecule has 0 atom stereocenters. The van der Waals surface area contributed by atoms with E-state index in [4.69, 9.17) is 14.2 Å². The summed E-state index contributed by atoms with van der Waals surface area (Å²) in [6, 6.07) is 6.43. The predicted molar refractivity (Wildman–Crippen MR) is 93.0 cm³/mol. The van der Waals surface area contributed by atoms with E-state index in [2.05, 4.69) is 5.32 Å². The molecule has 0 aromatic heterocycles. The van der Waals surface area contributed by atoms with E-state index < -0.39 is 24.1 Å². The molecule has 0 spiro atoms. The minimum absolute atomic E-state index is 0.0151. The Bertz CT molecular complexity index is 654. The quantitative estimate of drug-likeness (QED) is 0.407. The molecule has 0 unspecified atom stereocenters. The van der Waals surface area contributed by atoms with Crippen LogP contribution in [0, 0.1) is 0 Å². The number of amides is 3. The zero-order valence-electron chi connectivity index (χ0n) is 15.2. The van der Waals surface area contributed by atoms with E-state index in [0.29, 0.717) is 24.3 Å². The van der Waals surface area contributed by atoms with Crippen LogP contribution < -0.4 is 14.8 Å². The van der Waals surface area contributed by atoms with Crippen molar-refractivity contribution in [3.05, 3.63) is 24.3 Å². The Labute approximate surface area is 152 Å². The number of nitrogens with one attached hydrogen (secondary N) is 1. The third kappa shape index (κ3) is 4.25. The maximum atomic E-state index is 12.4. The van der Waals surface area contributed by atoms with Gasteiger partial charge in [-0.3, -0.25) is 14.5 Å². The highest BCUT2D eigenvalue weighted by Gasteiger charge is 2.49. The Morgan fingerprint density at radius 3 is 2.23 bits per heavy atom. The van der Waals surface area contributed by atoms with Crippen molar-refractivity contribution in [3.63, 3.8) is 0 Å². The number of methoxy groups -OCH3 is 1. The first-order valence-electron chi connectivity index (χ1n) is 8.52. The maximum absolute atomic E-state index is 12.4. The zero-order valence-corrected chi connectivity index (χ0v) is 15.2. The van der Waals surface area contributed by atoms with Crippen LogP contribution in [-0.2, 0) is 14.3 Å². The van der Waals surface area contributed by atoms with Gasteiger partial charge in [-0.15, -0.1) is 0 Å². The number of benzene rings is 1. The van der Waals surface area contributed by atoms with E-state index >= 15 is 0 Å². The molecule has 0 aliphatic carbocycles. The number of carbonyl (C=O) groups is 3. The van der Waals surface area contributed by atoms with E-state index in [1.165, 1.54) is 0 Å². The van der Waals surface area contributed by atoms with Crippen LogP contribution in [-0.4, -0.2) is 55.2 Å². The first kappa shape index (κ1) is 19.6. The third-order valence-corrected chi connectivity index (χ3v) is 4.41. The standard InChI is InChI=1S/C18H24N2O6/c1-4-18(5-2)16(22)20(17(23)19-18)12-15(21)26-11-10-25-14-8-6-13(24-3)7-9-14/h6-9H,4-5,10-12H2,1-3H3,(H,19,23). The van der Waals surface area contributed by atoms with Crippen molar-refractivity contribution < 1.29 is 28.6 Å². The number of ether oxygens (including phenoxy) is 3. The Kier molecular flexibility index (Phi) is 6.43. The van der Waals surface area contributed by atoms with Crippen molar-refractivity contribution in [2.75, 3.05) is 26.9 Å². The van der Waals surface area contributed by atoms with Crippen LogP contribution in [0.5, 0.6) is 11.5 Å². The lowest BCUT2D eigenvalue weighted by Gasteiger charge is -2.22. The largest absolute Gasteiger partial charge is 0.497 e. The molecule has 1 saturated heterocycles. The summed E-state index contributed by atoms with van der Waals surface area (Å²) in [6.07, 6.45) is 0.935. The minimum atomic E-state index is -0.922. The fourth-order valence-corrected chi connectivity index (χ4v) is 2.71. The maximum Gasteiger partial charge on any atom is 0.326 e. The first-order valence-corrected chi connectivity index (χ1v) is 8.52. The van der Waals surface area contributed by atoms with Gasteiger partial charge in [-0.25, -0.2) is 4.79 Å². The van der Waals surface area contributed by atoms with Crippen molar-refractivity contribution >= 4 is 17.9 Å². The van der Waals surface area contributed by atoms with Crippen LogP contribution in [0.15, 0.2) is 24.3 Å². The predicted octanol–water partition coefficient (Wildman–Crippen LogP) is 1.73. The Balaban J connectivity index is 1.76. The molecule has 0 saturated carbocycles. The molecular weight excluding hydrogens is 340 g/mol. The van der Waals surface area contributed by atoms with Crippen molar-refractivity contribution in [1.82, 2.24) is 10.2 Å². The number of urea groups is 1. The molecule has 0 bridgehead atoms. The highest BCUT2D eigenvalue weighted by molar-refractivity contribution is 6.08. The molecule has 2 rings (SSSR count). The molecule has 1 heterocycles. The lowest BCUT2D eigenvalue weighted by molar-refractivity contribution is -0.148. The fraction of sp³-hybridized carbons (Fsp3) is 0.500. The highest BCUT2D eigenvalue weighted by Crippen LogP contribution is 2.24. The Morgan fingerprint density at radius 2 is 1.69 bits per heavy atom. The molecule has 8 nitrogen and oxygen atoms in total. The average Bonchev–Trinajstić information content (AvgIpc) is 2.90. The second-order valence-corrected chi connectivity index (χ2v) is 5.86. The van der Waals surface area contributed by atoms with Crippen LogP contribution in [0.4, 0.5) is 4.79 Å². The lowest BCUT2D eigenvalue weighted by atomic mass is 9.93. The van der Waals surface area contributed by atoms with E-state index in [9.17, 15) is 14.4 Å². The summed E-state index contributed by atoms with van der Waals surface area (Å²) in [7, 11) is 1.58. The summed E-state index contributed by atoms with van der Waals surface area (Å²) in [5.74, 6) is 0.285. The fourth-order valence-electron chi connectivity index (χ4n) is 2.71. The van der Waals surface area contributed by atoms with Crippen LogP contribution >= 0.6 is 0 Å². The van der Waals surface area contributed by atoms with Gasteiger partial charge in [0.15, 0.2) is 0 Å². The van der Waals surface area contributed by atoms with Gasteiger partial charge in [0.05, 0.1) is 7.11 Å². The van der Waals surface area contributed by atoms with Gasteiger partial charge in [-0.05, 0) is 37.1 Å². The Morgan fingerprint density at radius 1 is 1.08 bits per heavy atom. The second kappa shape index (κ2) is 8.55. The van der Waals surface area contributed by atoms with Crippen LogP contribution in [0.1, 0.15) is 26.7 Å². The number of hydrogen-bond acceptors (Lipinski definition) is 6. The normalized spacial score (nSPS) is 15.6. The SMILES string of the molecule is CCC1(CC)NC(=O)N(CC(=O)OCCOc2ccc(OC)cc2)C1=O. The van der Waals surface area contributed by atoms with Gasteiger partial charge in [0.25, 0.3) is 5.91 Å². The number of nitrogens with zero attached hydrogens (tertiary/aromatic N) is 1. The van der Waals surface area contributed by atoms with Gasteiger partial charge < -0.3 is 19.5 Å². The lowest BCUT2D eigenvalue weighted by Crippen LogP contribution is -2.46. The molecule has 1 aliphatic rings. The van der Waals surface area contributed by atoms with Crippen molar-refractivity contribution in [2.24, 2.45) is 0 Å². The minimum Gasteiger partial charge on any atom is -0.497 e. The summed E-state index contributed by atoms with van der Waals surface area (Å²) in [6.45, 7) is 3.41. The van der Waals surface area contributed by atoms with E-state index in [1.54, 1.807) is 31.4 Å². The molecule has 142 valence electrons. The summed E-state index contributed by atoms with van der Waals surface area (Å²) in [5.41, 5.74) is -0.922. The topological polar surface area (TPSA) is 94.2 Å². The highest BCUT2D eigenvalue weighted by atomic mass is 16.6. The van der Waals surface area contributed by atoms with E-state index in [0.717, 1.165) is 4.90 Å². The number of imide groups is 1. The number of rotatable bonds is 9. The molecule has 26 heavy (non-hydrogen) atoms. The van der Waals surface area contributed by atoms with Crippen LogP contribution in [0.25, 0.3) is 0 Å². The van der Waals surface area contributed by atoms with Gasteiger partial charge in [-0.2, -0.15) is 0 Å². The number of hydrogen-bond donors (Lipinski definition) is 1. The monoisotopic (exact) mass is 364 g/mol. The zero-order chi connectivity index (χ0) is 19.2.